The molecule has 0 fully saturated rings. The van der Waals surface area contributed by atoms with E-state index in [0.717, 1.165) is 21.3 Å². The number of rotatable bonds is 4. The highest BCUT2D eigenvalue weighted by Gasteiger charge is 2.10. The van der Waals surface area contributed by atoms with E-state index in [0.29, 0.717) is 16.7 Å². The average Bonchev–Trinajstić information content (AvgIpc) is 2.95. The first-order chi connectivity index (χ1) is 10.6. The number of hydrogen-bond acceptors (Lipinski definition) is 4. The third kappa shape index (κ3) is 3.48. The summed E-state index contributed by atoms with van der Waals surface area (Å²) in [5.41, 5.74) is 1.84. The first-order valence-electron chi connectivity index (χ1n) is 6.59. The summed E-state index contributed by atoms with van der Waals surface area (Å²) in [6.45, 7) is 2.14. The normalized spacial score (nSPS) is 10.7. The van der Waals surface area contributed by atoms with Crippen LogP contribution < -0.4 is 4.74 Å². The molecule has 0 bridgehead atoms. The first kappa shape index (κ1) is 15.1. The van der Waals surface area contributed by atoms with Crippen molar-refractivity contribution in [1.82, 2.24) is 10.1 Å². The smallest absolute Gasteiger partial charge is 0.264 e. The van der Waals surface area contributed by atoms with E-state index in [4.69, 9.17) is 20.9 Å². The maximum Gasteiger partial charge on any atom is 0.264 e. The van der Waals surface area contributed by atoms with Crippen molar-refractivity contribution in [2.45, 2.75) is 13.5 Å². The lowest BCUT2D eigenvalue weighted by Crippen LogP contribution is -1.97. The Morgan fingerprint density at radius 1 is 1.23 bits per heavy atom. The summed E-state index contributed by atoms with van der Waals surface area (Å²) in [6, 6.07) is 13.2. The molecule has 0 amide bonds. The highest BCUT2D eigenvalue weighted by Crippen LogP contribution is 2.23. The Hall–Kier alpha value is -1.85. The van der Waals surface area contributed by atoms with E-state index < -0.39 is 0 Å². The van der Waals surface area contributed by atoms with E-state index in [-0.39, 0.29) is 6.61 Å². The minimum Gasteiger partial charge on any atom is -0.483 e. The van der Waals surface area contributed by atoms with Crippen LogP contribution in [0, 0.1) is 6.92 Å². The molecule has 3 aromatic rings. The van der Waals surface area contributed by atoms with Gasteiger partial charge in [0.1, 0.15) is 5.75 Å². The molecule has 0 unspecified atom stereocenters. The van der Waals surface area contributed by atoms with Crippen LogP contribution in [0.2, 0.25) is 5.02 Å². The quantitative estimate of drug-likeness (QED) is 0.637. The summed E-state index contributed by atoms with van der Waals surface area (Å²) in [5.74, 6) is 1.70. The molecule has 1 heterocycles. The fourth-order valence-corrected chi connectivity index (χ4v) is 2.60. The standard InChI is InChI=1S/C16H12BrClN2O2/c1-10-7-13(18)5-6-14(10)21-9-15-19-16(20-22-15)11-3-2-4-12(17)8-11/h2-8H,9H2,1H3. The Kier molecular flexibility index (Phi) is 4.45. The molecule has 0 saturated heterocycles. The van der Waals surface area contributed by atoms with Gasteiger partial charge in [-0.3, -0.25) is 0 Å². The van der Waals surface area contributed by atoms with E-state index in [1.54, 1.807) is 6.07 Å². The number of hydrogen-bond donors (Lipinski definition) is 0. The average molecular weight is 380 g/mol. The zero-order valence-electron chi connectivity index (χ0n) is 11.7. The monoisotopic (exact) mass is 378 g/mol. The van der Waals surface area contributed by atoms with Crippen LogP contribution in [0.15, 0.2) is 51.5 Å². The molecule has 0 aliphatic heterocycles. The summed E-state index contributed by atoms with van der Waals surface area (Å²) in [6.07, 6.45) is 0. The lowest BCUT2D eigenvalue weighted by atomic mass is 10.2. The molecule has 0 aliphatic carbocycles. The van der Waals surface area contributed by atoms with Crippen LogP contribution in [-0.2, 0) is 6.61 Å². The molecular weight excluding hydrogens is 368 g/mol. The van der Waals surface area contributed by atoms with Gasteiger partial charge in [0.2, 0.25) is 5.82 Å². The molecule has 0 spiro atoms. The van der Waals surface area contributed by atoms with Gasteiger partial charge in [-0.25, -0.2) is 0 Å². The molecule has 0 atom stereocenters. The fraction of sp³-hybridized carbons (Fsp3) is 0.125. The van der Waals surface area contributed by atoms with E-state index in [2.05, 4.69) is 26.1 Å². The summed E-state index contributed by atoms with van der Waals surface area (Å²) in [5, 5.41) is 4.65. The minimum absolute atomic E-state index is 0.212. The van der Waals surface area contributed by atoms with Gasteiger partial charge in [-0.1, -0.05) is 44.8 Å². The van der Waals surface area contributed by atoms with Crippen LogP contribution in [0.4, 0.5) is 0 Å². The number of halogens is 2. The van der Waals surface area contributed by atoms with Crippen LogP contribution in [0.5, 0.6) is 5.75 Å². The topological polar surface area (TPSA) is 48.2 Å². The molecule has 3 rings (SSSR count). The zero-order valence-corrected chi connectivity index (χ0v) is 14.1. The number of benzene rings is 2. The van der Waals surface area contributed by atoms with Crippen LogP contribution in [-0.4, -0.2) is 10.1 Å². The van der Waals surface area contributed by atoms with Crippen LogP contribution in [0.3, 0.4) is 0 Å². The molecule has 6 heteroatoms. The molecule has 0 radical (unpaired) electrons. The number of ether oxygens (including phenoxy) is 1. The van der Waals surface area contributed by atoms with Crippen molar-refractivity contribution in [2.24, 2.45) is 0 Å². The number of aryl methyl sites for hydroxylation is 1. The molecule has 4 nitrogen and oxygen atoms in total. The van der Waals surface area contributed by atoms with Crippen molar-refractivity contribution < 1.29 is 9.26 Å². The van der Waals surface area contributed by atoms with Gasteiger partial charge in [-0.2, -0.15) is 4.98 Å². The summed E-state index contributed by atoms with van der Waals surface area (Å²) in [4.78, 5) is 4.33. The molecule has 0 aliphatic rings. The third-order valence-electron chi connectivity index (χ3n) is 3.04. The van der Waals surface area contributed by atoms with Crippen molar-refractivity contribution >= 4 is 27.5 Å². The lowest BCUT2D eigenvalue weighted by molar-refractivity contribution is 0.242. The molecule has 22 heavy (non-hydrogen) atoms. The van der Waals surface area contributed by atoms with Crippen LogP contribution >= 0.6 is 27.5 Å². The maximum absolute atomic E-state index is 5.92. The van der Waals surface area contributed by atoms with Crippen LogP contribution in [0.25, 0.3) is 11.4 Å². The number of nitrogens with zero attached hydrogens (tertiary/aromatic N) is 2. The summed E-state index contributed by atoms with van der Waals surface area (Å²) >= 11 is 9.34. The molecule has 0 N–H and O–H groups in total. The van der Waals surface area contributed by atoms with Crippen molar-refractivity contribution in [3.63, 3.8) is 0 Å². The Balaban J connectivity index is 1.72. The SMILES string of the molecule is Cc1cc(Cl)ccc1OCc1nc(-c2cccc(Br)c2)no1. The summed E-state index contributed by atoms with van der Waals surface area (Å²) < 4.78 is 11.9. The van der Waals surface area contributed by atoms with Gasteiger partial charge in [0.05, 0.1) is 0 Å². The molecule has 1 aromatic heterocycles. The fourth-order valence-electron chi connectivity index (χ4n) is 1.97. The van der Waals surface area contributed by atoms with E-state index in [1.807, 2.05) is 43.3 Å². The van der Waals surface area contributed by atoms with Crippen LogP contribution in [0.1, 0.15) is 11.5 Å². The number of aromatic nitrogens is 2. The molecule has 2 aromatic carbocycles. The molecular formula is C16H12BrClN2O2. The highest BCUT2D eigenvalue weighted by atomic mass is 79.9. The Morgan fingerprint density at radius 2 is 2.09 bits per heavy atom. The second-order valence-corrected chi connectivity index (χ2v) is 6.07. The van der Waals surface area contributed by atoms with Gasteiger partial charge >= 0.3 is 0 Å². The van der Waals surface area contributed by atoms with Crippen molar-refractivity contribution in [3.8, 4) is 17.1 Å². The van der Waals surface area contributed by atoms with Gasteiger partial charge in [0.15, 0.2) is 6.61 Å². The maximum atomic E-state index is 5.92. The van der Waals surface area contributed by atoms with Crippen molar-refractivity contribution in [1.29, 1.82) is 0 Å². The van der Waals surface area contributed by atoms with Gasteiger partial charge in [-0.15, -0.1) is 0 Å². The Morgan fingerprint density at radius 3 is 2.86 bits per heavy atom. The second-order valence-electron chi connectivity index (χ2n) is 4.72. The molecule has 0 saturated carbocycles. The summed E-state index contributed by atoms with van der Waals surface area (Å²) in [7, 11) is 0. The predicted octanol–water partition coefficient (Wildman–Crippen LogP) is 5.04. The Bertz CT molecular complexity index is 804. The first-order valence-corrected chi connectivity index (χ1v) is 7.76. The van der Waals surface area contributed by atoms with Gasteiger partial charge in [-0.05, 0) is 42.8 Å². The van der Waals surface area contributed by atoms with E-state index >= 15 is 0 Å². The van der Waals surface area contributed by atoms with Gasteiger partial charge in [0, 0.05) is 15.1 Å². The zero-order chi connectivity index (χ0) is 15.5. The largest absolute Gasteiger partial charge is 0.483 e. The van der Waals surface area contributed by atoms with Gasteiger partial charge < -0.3 is 9.26 Å². The van der Waals surface area contributed by atoms with Crippen molar-refractivity contribution in [3.05, 3.63) is 63.4 Å². The highest BCUT2D eigenvalue weighted by molar-refractivity contribution is 9.10. The third-order valence-corrected chi connectivity index (χ3v) is 3.77. The van der Waals surface area contributed by atoms with Crippen molar-refractivity contribution in [2.75, 3.05) is 0 Å². The second kappa shape index (κ2) is 6.50. The lowest BCUT2D eigenvalue weighted by Gasteiger charge is -2.06. The Labute approximate surface area is 141 Å². The van der Waals surface area contributed by atoms with Gasteiger partial charge in [0.25, 0.3) is 5.89 Å². The van der Waals surface area contributed by atoms with E-state index in [1.165, 1.54) is 0 Å². The predicted molar refractivity (Wildman–Crippen MR) is 88.0 cm³/mol. The molecule has 112 valence electrons. The van der Waals surface area contributed by atoms with E-state index in [9.17, 15) is 0 Å². The minimum atomic E-state index is 0.212.